The maximum Gasteiger partial charge on any atom is 0.267 e. The Bertz CT molecular complexity index is 1220. The number of ketones is 1. The molecule has 0 aromatic heterocycles. The number of hydrogen-bond acceptors (Lipinski definition) is 7. The highest BCUT2D eigenvalue weighted by Gasteiger charge is 2.57. The van der Waals surface area contributed by atoms with Crippen molar-refractivity contribution in [2.45, 2.75) is 69.5 Å². The predicted octanol–water partition coefficient (Wildman–Crippen LogP) is 5.16. The van der Waals surface area contributed by atoms with Gasteiger partial charge in [0, 0.05) is 11.3 Å². The molecule has 0 N–H and O–H groups in total. The van der Waals surface area contributed by atoms with Crippen LogP contribution in [0.25, 0.3) is 0 Å². The van der Waals surface area contributed by atoms with E-state index < -0.39 is 36.4 Å². The van der Waals surface area contributed by atoms with E-state index in [1.54, 1.807) is 0 Å². The van der Waals surface area contributed by atoms with Crippen LogP contribution in [0.15, 0.2) is 91.0 Å². The number of Topliss-reactive ketones (excluding diaryl/α,β-unsaturated/α-hetero) is 1. The van der Waals surface area contributed by atoms with E-state index in [1.807, 2.05) is 91.0 Å². The Hall–Kier alpha value is -3.43. The number of hydrogen-bond donors (Lipinski definition) is 0. The van der Waals surface area contributed by atoms with Crippen LogP contribution in [0.1, 0.15) is 36.0 Å². The minimum absolute atomic E-state index is 0.00580. The molecule has 0 radical (unpaired) electrons. The summed E-state index contributed by atoms with van der Waals surface area (Å²) in [6.07, 6.45) is -1.65. The smallest absolute Gasteiger partial charge is 0.267 e. The molecular weight excluding hydrogens is 510 g/mol. The Kier molecular flexibility index (Phi) is 9.67. The van der Waals surface area contributed by atoms with E-state index in [0.29, 0.717) is 25.9 Å². The monoisotopic (exact) mass is 545 g/mol. The van der Waals surface area contributed by atoms with E-state index in [9.17, 15) is 14.9 Å². The number of carbonyl (C=O) groups excluding carboxylic acids is 1. The van der Waals surface area contributed by atoms with Crippen molar-refractivity contribution in [3.63, 3.8) is 0 Å². The van der Waals surface area contributed by atoms with Crippen LogP contribution in [0, 0.1) is 16.0 Å². The zero-order valence-electron chi connectivity index (χ0n) is 22.4. The maximum absolute atomic E-state index is 12.8. The van der Waals surface area contributed by atoms with Gasteiger partial charge in [-0.1, -0.05) is 91.0 Å². The Morgan fingerprint density at radius 3 is 1.80 bits per heavy atom. The minimum atomic E-state index is -1.26. The number of nitrogens with zero attached hydrogens (tertiary/aromatic N) is 1. The van der Waals surface area contributed by atoms with E-state index in [0.717, 1.165) is 16.7 Å². The molecule has 1 saturated carbocycles. The van der Waals surface area contributed by atoms with E-state index in [2.05, 4.69) is 0 Å². The molecule has 3 aromatic carbocycles. The summed E-state index contributed by atoms with van der Waals surface area (Å²) in [4.78, 5) is 25.1. The lowest BCUT2D eigenvalue weighted by atomic mass is 9.84. The van der Waals surface area contributed by atoms with E-state index in [4.69, 9.17) is 18.9 Å². The average Bonchev–Trinajstić information content (AvgIpc) is 3.42. The molecule has 1 aliphatic heterocycles. The molecular formula is C32H35NO7. The van der Waals surface area contributed by atoms with Gasteiger partial charge in [-0.05, 0) is 29.5 Å². The first kappa shape index (κ1) is 28.1. The molecule has 2 fully saturated rings. The van der Waals surface area contributed by atoms with Crippen LogP contribution in [-0.2, 0) is 43.6 Å². The molecule has 0 spiro atoms. The first-order valence-electron chi connectivity index (χ1n) is 13.8. The molecule has 2 aliphatic rings. The Balaban J connectivity index is 1.43. The normalized spacial score (nSPS) is 26.6. The summed E-state index contributed by atoms with van der Waals surface area (Å²) < 4.78 is 25.2. The zero-order chi connectivity index (χ0) is 27.7. The summed E-state index contributed by atoms with van der Waals surface area (Å²) in [5, 5.41) is 12.6. The lowest BCUT2D eigenvalue weighted by molar-refractivity contribution is -0.563. The quantitative estimate of drug-likeness (QED) is 0.229. The summed E-state index contributed by atoms with van der Waals surface area (Å²) >= 11 is 0. The molecule has 8 heteroatoms. The molecule has 6 atom stereocenters. The standard InChI is InChI=1S/C32H35NO7/c34-27-18-10-17-26(27)30-29(33(35)36)32(39-21-25-15-8-3-9-16-25)31(38-20-24-13-6-2-7-14-24)28(40-30)22-37-19-23-11-4-1-5-12-23/h1-9,11-16,26,28-32H,10,17-22H2/t26-,28-,29+,30+,31-,32-/m1/s1. The maximum atomic E-state index is 12.8. The van der Waals surface area contributed by atoms with Gasteiger partial charge in [0.1, 0.15) is 24.1 Å². The molecule has 5 rings (SSSR count). The molecule has 3 aromatic rings. The third-order valence-electron chi connectivity index (χ3n) is 7.65. The van der Waals surface area contributed by atoms with Gasteiger partial charge >= 0.3 is 0 Å². The molecule has 210 valence electrons. The zero-order valence-corrected chi connectivity index (χ0v) is 22.4. The Labute approximate surface area is 234 Å². The Morgan fingerprint density at radius 1 is 0.775 bits per heavy atom. The molecule has 40 heavy (non-hydrogen) atoms. The van der Waals surface area contributed by atoms with E-state index >= 15 is 0 Å². The number of rotatable bonds is 12. The second-order valence-electron chi connectivity index (χ2n) is 10.4. The van der Waals surface area contributed by atoms with Crippen molar-refractivity contribution >= 4 is 5.78 Å². The van der Waals surface area contributed by atoms with Crippen molar-refractivity contribution < 1.29 is 28.7 Å². The SMILES string of the molecule is O=C1CCC[C@H]1[C@@H]1O[C@H](COCc2ccccc2)[C@@H](OCc2ccccc2)[C@H](OCc2ccccc2)[C@H]1[N+](=O)[O-]. The van der Waals surface area contributed by atoms with Crippen molar-refractivity contribution in [1.29, 1.82) is 0 Å². The van der Waals surface area contributed by atoms with E-state index in [-0.39, 0.29) is 30.5 Å². The van der Waals surface area contributed by atoms with Crippen molar-refractivity contribution in [1.82, 2.24) is 0 Å². The molecule has 0 unspecified atom stereocenters. The van der Waals surface area contributed by atoms with Crippen molar-refractivity contribution in [2.24, 2.45) is 5.92 Å². The molecule has 1 saturated heterocycles. The van der Waals surface area contributed by atoms with E-state index in [1.165, 1.54) is 0 Å². The van der Waals surface area contributed by atoms with Crippen LogP contribution >= 0.6 is 0 Å². The van der Waals surface area contributed by atoms with Crippen LogP contribution in [0.3, 0.4) is 0 Å². The second kappa shape index (κ2) is 13.8. The Morgan fingerprint density at radius 2 is 1.30 bits per heavy atom. The highest BCUT2D eigenvalue weighted by atomic mass is 16.7. The largest absolute Gasteiger partial charge is 0.374 e. The topological polar surface area (TPSA) is 97.1 Å². The highest BCUT2D eigenvalue weighted by Crippen LogP contribution is 2.37. The van der Waals surface area contributed by atoms with Gasteiger partial charge in [-0.15, -0.1) is 0 Å². The first-order valence-corrected chi connectivity index (χ1v) is 13.8. The van der Waals surface area contributed by atoms with Gasteiger partial charge in [0.05, 0.1) is 32.3 Å². The molecule has 0 bridgehead atoms. The van der Waals surface area contributed by atoms with Gasteiger partial charge in [0.15, 0.2) is 6.10 Å². The fraction of sp³-hybridized carbons (Fsp3) is 0.406. The first-order chi connectivity index (χ1) is 19.6. The number of benzene rings is 3. The van der Waals surface area contributed by atoms with Gasteiger partial charge in [-0.25, -0.2) is 0 Å². The number of carbonyl (C=O) groups is 1. The van der Waals surface area contributed by atoms with Crippen LogP contribution in [0.5, 0.6) is 0 Å². The number of ether oxygens (including phenoxy) is 4. The third-order valence-corrected chi connectivity index (χ3v) is 7.65. The average molecular weight is 546 g/mol. The molecule has 8 nitrogen and oxygen atoms in total. The second-order valence-corrected chi connectivity index (χ2v) is 10.4. The van der Waals surface area contributed by atoms with Gasteiger partial charge < -0.3 is 18.9 Å². The van der Waals surface area contributed by atoms with Gasteiger partial charge in [0.25, 0.3) is 6.04 Å². The summed E-state index contributed by atoms with van der Waals surface area (Å²) in [5.41, 5.74) is 2.82. The van der Waals surface area contributed by atoms with Crippen LogP contribution < -0.4 is 0 Å². The summed E-state index contributed by atoms with van der Waals surface area (Å²) in [6, 6.07) is 27.7. The fourth-order valence-electron chi connectivity index (χ4n) is 5.65. The predicted molar refractivity (Wildman–Crippen MR) is 148 cm³/mol. The molecule has 0 amide bonds. The van der Waals surface area contributed by atoms with Gasteiger partial charge in [-0.2, -0.15) is 0 Å². The summed E-state index contributed by atoms with van der Waals surface area (Å²) in [6.45, 7) is 0.894. The molecule has 1 aliphatic carbocycles. The molecule has 1 heterocycles. The van der Waals surface area contributed by atoms with Gasteiger partial charge in [-0.3, -0.25) is 14.9 Å². The fourth-order valence-corrected chi connectivity index (χ4v) is 5.65. The highest BCUT2D eigenvalue weighted by molar-refractivity contribution is 5.83. The van der Waals surface area contributed by atoms with Crippen LogP contribution in [0.4, 0.5) is 0 Å². The summed E-state index contributed by atoms with van der Waals surface area (Å²) in [5.74, 6) is -0.545. The van der Waals surface area contributed by atoms with Crippen molar-refractivity contribution in [3.8, 4) is 0 Å². The van der Waals surface area contributed by atoms with Crippen molar-refractivity contribution in [3.05, 3.63) is 118 Å². The lowest BCUT2D eigenvalue weighted by Crippen LogP contribution is -2.64. The lowest BCUT2D eigenvalue weighted by Gasteiger charge is -2.44. The minimum Gasteiger partial charge on any atom is -0.374 e. The van der Waals surface area contributed by atoms with Crippen LogP contribution in [-0.4, -0.2) is 47.8 Å². The summed E-state index contributed by atoms with van der Waals surface area (Å²) in [7, 11) is 0. The third kappa shape index (κ3) is 7.01. The van der Waals surface area contributed by atoms with Gasteiger partial charge in [0.2, 0.25) is 0 Å². The van der Waals surface area contributed by atoms with Crippen LogP contribution in [0.2, 0.25) is 0 Å². The number of nitro groups is 1. The van der Waals surface area contributed by atoms with Crippen molar-refractivity contribution in [2.75, 3.05) is 6.61 Å².